The van der Waals surface area contributed by atoms with Gasteiger partial charge in [0.25, 0.3) is 5.91 Å². The first-order valence-corrected chi connectivity index (χ1v) is 12.7. The summed E-state index contributed by atoms with van der Waals surface area (Å²) < 4.78 is 11.4. The highest BCUT2D eigenvalue weighted by atomic mass is 35.5. The van der Waals surface area contributed by atoms with E-state index in [1.54, 1.807) is 30.3 Å². The van der Waals surface area contributed by atoms with Crippen molar-refractivity contribution in [1.29, 1.82) is 5.26 Å². The summed E-state index contributed by atoms with van der Waals surface area (Å²) in [4.78, 5) is 17.9. The molecule has 0 atom stereocenters. The Labute approximate surface area is 236 Å². The molecule has 0 aliphatic rings. The normalized spacial score (nSPS) is 10.8. The second-order valence-corrected chi connectivity index (χ2v) is 9.18. The molecule has 7 nitrogen and oxygen atoms in total. The Morgan fingerprint density at radius 1 is 1.02 bits per heavy atom. The predicted octanol–water partition coefficient (Wildman–Crippen LogP) is 6.78. The lowest BCUT2D eigenvalue weighted by molar-refractivity contribution is 0.0956. The average molecular weight is 547 g/mol. The van der Waals surface area contributed by atoms with Gasteiger partial charge in [0, 0.05) is 10.9 Å². The minimum atomic E-state index is -0.368. The number of rotatable bonds is 8. The van der Waals surface area contributed by atoms with E-state index >= 15 is 0 Å². The standard InChI is InChI=1S/C32H23ClN4O3/c1-39-30-16-23(15-27(33)31(30)40-20-22-13-11-21(18-34)12-14-22)19-35-37-32(38)26-17-29(24-7-3-2-4-8-24)36-28-10-6-5-9-25(26)28/h2-17,19H,20H2,1H3,(H,37,38)/b35-19-. The summed E-state index contributed by atoms with van der Waals surface area (Å²) in [5.74, 6) is 0.431. The molecule has 0 radical (unpaired) electrons. The van der Waals surface area contributed by atoms with Crippen molar-refractivity contribution >= 4 is 34.6 Å². The highest BCUT2D eigenvalue weighted by Crippen LogP contribution is 2.36. The second kappa shape index (κ2) is 12.1. The number of fused-ring (bicyclic) bond motifs is 1. The number of halogens is 1. The van der Waals surface area contributed by atoms with E-state index in [9.17, 15) is 4.79 Å². The van der Waals surface area contributed by atoms with Gasteiger partial charge in [-0.2, -0.15) is 10.4 Å². The molecule has 8 heteroatoms. The van der Waals surface area contributed by atoms with Crippen LogP contribution in [0.1, 0.15) is 27.0 Å². The number of aromatic nitrogens is 1. The van der Waals surface area contributed by atoms with Crippen LogP contribution in [-0.2, 0) is 6.61 Å². The third kappa shape index (κ3) is 5.93. The number of carbonyl (C=O) groups excluding carboxylic acids is 1. The largest absolute Gasteiger partial charge is 0.493 e. The summed E-state index contributed by atoms with van der Waals surface area (Å²) in [6, 6.07) is 31.5. The summed E-state index contributed by atoms with van der Waals surface area (Å²) in [5.41, 5.74) is 7.45. The van der Waals surface area contributed by atoms with E-state index in [1.807, 2.05) is 66.7 Å². The van der Waals surface area contributed by atoms with Crippen LogP contribution in [0.15, 0.2) is 102 Å². The van der Waals surface area contributed by atoms with Crippen LogP contribution in [0.3, 0.4) is 0 Å². The van der Waals surface area contributed by atoms with Crippen LogP contribution in [0.5, 0.6) is 11.5 Å². The quantitative estimate of drug-likeness (QED) is 0.171. The van der Waals surface area contributed by atoms with Gasteiger partial charge in [-0.15, -0.1) is 0 Å². The topological polar surface area (TPSA) is 96.6 Å². The molecule has 5 rings (SSSR count). The SMILES string of the molecule is COc1cc(/C=N\NC(=O)c2cc(-c3ccccc3)nc3ccccc23)cc(Cl)c1OCc1ccc(C#N)cc1. The molecule has 0 saturated heterocycles. The molecule has 0 aliphatic heterocycles. The van der Waals surface area contributed by atoms with Crippen molar-refractivity contribution in [3.05, 3.63) is 124 Å². The number of benzene rings is 4. The maximum Gasteiger partial charge on any atom is 0.272 e. The van der Waals surface area contributed by atoms with E-state index in [2.05, 4.69) is 16.6 Å². The summed E-state index contributed by atoms with van der Waals surface area (Å²) in [6.45, 7) is 0.246. The Kier molecular flexibility index (Phi) is 8.00. The number of methoxy groups -OCH3 is 1. The lowest BCUT2D eigenvalue weighted by Crippen LogP contribution is -2.18. The molecule has 5 aromatic rings. The number of hydrazone groups is 1. The molecule has 0 saturated carbocycles. The molecular formula is C32H23ClN4O3. The summed E-state index contributed by atoms with van der Waals surface area (Å²) in [6.07, 6.45) is 1.48. The van der Waals surface area contributed by atoms with Gasteiger partial charge in [0.05, 0.1) is 46.8 Å². The third-order valence-corrected chi connectivity index (χ3v) is 6.41. The zero-order chi connectivity index (χ0) is 27.9. The van der Waals surface area contributed by atoms with Gasteiger partial charge >= 0.3 is 0 Å². The molecule has 40 heavy (non-hydrogen) atoms. The second-order valence-electron chi connectivity index (χ2n) is 8.77. The van der Waals surface area contributed by atoms with Gasteiger partial charge in [-0.1, -0.05) is 72.3 Å². The number of pyridine rings is 1. The number of hydrogen-bond donors (Lipinski definition) is 1. The van der Waals surface area contributed by atoms with Crippen LogP contribution in [-0.4, -0.2) is 24.2 Å². The third-order valence-electron chi connectivity index (χ3n) is 6.13. The van der Waals surface area contributed by atoms with E-state index in [4.69, 9.17) is 31.3 Å². The monoisotopic (exact) mass is 546 g/mol. The average Bonchev–Trinajstić information content (AvgIpc) is 3.00. The lowest BCUT2D eigenvalue weighted by Gasteiger charge is -2.13. The van der Waals surface area contributed by atoms with Gasteiger partial charge in [0.2, 0.25) is 0 Å². The Hall–Kier alpha value is -5.19. The molecule has 0 unspecified atom stereocenters. The van der Waals surface area contributed by atoms with E-state index in [-0.39, 0.29) is 12.5 Å². The Morgan fingerprint density at radius 2 is 1.77 bits per heavy atom. The Balaban J connectivity index is 1.33. The first-order chi connectivity index (χ1) is 19.6. The number of ether oxygens (including phenoxy) is 2. The molecule has 0 fully saturated rings. The molecule has 196 valence electrons. The van der Waals surface area contributed by atoms with E-state index < -0.39 is 0 Å². The van der Waals surface area contributed by atoms with Gasteiger partial charge in [-0.3, -0.25) is 4.79 Å². The minimum absolute atomic E-state index is 0.246. The molecule has 1 heterocycles. The Bertz CT molecular complexity index is 1750. The molecule has 0 aliphatic carbocycles. The molecule has 0 spiro atoms. The fraction of sp³-hybridized carbons (Fsp3) is 0.0625. The molecule has 4 aromatic carbocycles. The smallest absolute Gasteiger partial charge is 0.272 e. The first-order valence-electron chi connectivity index (χ1n) is 12.3. The number of nitrogens with one attached hydrogen (secondary N) is 1. The van der Waals surface area contributed by atoms with Crippen LogP contribution in [0, 0.1) is 11.3 Å². The number of nitriles is 1. The van der Waals surface area contributed by atoms with Crippen LogP contribution >= 0.6 is 11.6 Å². The summed E-state index contributed by atoms with van der Waals surface area (Å²) in [7, 11) is 1.52. The van der Waals surface area contributed by atoms with Gasteiger partial charge < -0.3 is 9.47 Å². The van der Waals surface area contributed by atoms with Crippen molar-refractivity contribution in [3.63, 3.8) is 0 Å². The summed E-state index contributed by atoms with van der Waals surface area (Å²) >= 11 is 6.50. The fourth-order valence-electron chi connectivity index (χ4n) is 4.13. The zero-order valence-electron chi connectivity index (χ0n) is 21.5. The van der Waals surface area contributed by atoms with Gasteiger partial charge in [0.1, 0.15) is 6.61 Å². The molecular weight excluding hydrogens is 524 g/mol. The van der Waals surface area contributed by atoms with Crippen molar-refractivity contribution in [3.8, 4) is 28.8 Å². The number of amides is 1. The lowest BCUT2D eigenvalue weighted by atomic mass is 10.0. The molecule has 1 N–H and O–H groups in total. The van der Waals surface area contributed by atoms with Gasteiger partial charge in [-0.05, 0) is 47.5 Å². The van der Waals surface area contributed by atoms with Gasteiger partial charge in [-0.25, -0.2) is 10.4 Å². The van der Waals surface area contributed by atoms with Crippen molar-refractivity contribution in [1.82, 2.24) is 10.4 Å². The van der Waals surface area contributed by atoms with E-state index in [0.29, 0.717) is 44.4 Å². The number of hydrogen-bond acceptors (Lipinski definition) is 6. The van der Waals surface area contributed by atoms with Crippen LogP contribution in [0.25, 0.3) is 22.2 Å². The van der Waals surface area contributed by atoms with Crippen molar-refractivity contribution in [2.75, 3.05) is 7.11 Å². The number of para-hydroxylation sites is 1. The fourth-order valence-corrected chi connectivity index (χ4v) is 4.40. The molecule has 0 bridgehead atoms. The Morgan fingerprint density at radius 3 is 2.52 bits per heavy atom. The summed E-state index contributed by atoms with van der Waals surface area (Å²) in [5, 5.41) is 14.2. The maximum absolute atomic E-state index is 13.2. The molecule has 1 amide bonds. The molecule has 1 aromatic heterocycles. The first kappa shape index (κ1) is 26.4. The number of nitrogens with zero attached hydrogens (tertiary/aromatic N) is 3. The van der Waals surface area contributed by atoms with Crippen molar-refractivity contribution in [2.45, 2.75) is 6.61 Å². The zero-order valence-corrected chi connectivity index (χ0v) is 22.2. The maximum atomic E-state index is 13.2. The van der Waals surface area contributed by atoms with E-state index in [0.717, 1.165) is 16.5 Å². The van der Waals surface area contributed by atoms with Gasteiger partial charge in [0.15, 0.2) is 11.5 Å². The van der Waals surface area contributed by atoms with Crippen molar-refractivity contribution < 1.29 is 14.3 Å². The predicted molar refractivity (Wildman–Crippen MR) is 156 cm³/mol. The van der Waals surface area contributed by atoms with Crippen LogP contribution in [0.4, 0.5) is 0 Å². The highest BCUT2D eigenvalue weighted by molar-refractivity contribution is 6.32. The number of carbonyl (C=O) groups is 1. The van der Waals surface area contributed by atoms with Crippen molar-refractivity contribution in [2.24, 2.45) is 5.10 Å². The van der Waals surface area contributed by atoms with Crippen LogP contribution in [0.2, 0.25) is 5.02 Å². The van der Waals surface area contributed by atoms with Crippen LogP contribution < -0.4 is 14.9 Å². The van der Waals surface area contributed by atoms with E-state index in [1.165, 1.54) is 13.3 Å². The minimum Gasteiger partial charge on any atom is -0.493 e. The highest BCUT2D eigenvalue weighted by Gasteiger charge is 2.15.